The summed E-state index contributed by atoms with van der Waals surface area (Å²) in [4.78, 5) is 14.7. The van der Waals surface area contributed by atoms with Gasteiger partial charge in [-0.15, -0.1) is 0 Å². The third-order valence-electron chi connectivity index (χ3n) is 2.10. The third kappa shape index (κ3) is 4.93. The van der Waals surface area contributed by atoms with Gasteiger partial charge in [-0.3, -0.25) is 0 Å². The second-order valence-corrected chi connectivity index (χ2v) is 3.60. The zero-order valence-electron chi connectivity index (χ0n) is 10.0. The number of hydrogen-bond donors (Lipinski definition) is 1. The quantitative estimate of drug-likeness (QED) is 0.784. The number of hydrogen-bond acceptors (Lipinski definition) is 4. The number of aromatic carboxylic acids is 1. The van der Waals surface area contributed by atoms with Gasteiger partial charge in [0.2, 0.25) is 0 Å². The number of ether oxygens (including phenoxy) is 2. The van der Waals surface area contributed by atoms with Crippen molar-refractivity contribution < 1.29 is 19.4 Å². The molecule has 0 aliphatic carbocycles. The Balaban J connectivity index is 2.46. The highest BCUT2D eigenvalue weighted by Crippen LogP contribution is 2.03. The Hall–Kier alpha value is -1.46. The van der Waals surface area contributed by atoms with Gasteiger partial charge >= 0.3 is 5.97 Å². The van der Waals surface area contributed by atoms with Crippen LogP contribution < -0.4 is 0 Å². The Morgan fingerprint density at radius 3 is 2.94 bits per heavy atom. The van der Waals surface area contributed by atoms with Crippen LogP contribution in [0.1, 0.15) is 30.0 Å². The maximum atomic E-state index is 10.7. The number of carboxylic acid groups (broad SMARTS) is 1. The van der Waals surface area contributed by atoms with Gasteiger partial charge < -0.3 is 14.6 Å². The number of aromatic nitrogens is 1. The first-order valence-corrected chi connectivity index (χ1v) is 5.52. The van der Waals surface area contributed by atoms with E-state index in [4.69, 9.17) is 14.6 Å². The van der Waals surface area contributed by atoms with E-state index in [9.17, 15) is 4.79 Å². The number of pyridine rings is 1. The highest BCUT2D eigenvalue weighted by Gasteiger charge is 2.07. The van der Waals surface area contributed by atoms with Crippen molar-refractivity contribution in [3.05, 3.63) is 29.6 Å². The van der Waals surface area contributed by atoms with Crippen LogP contribution in [0.5, 0.6) is 0 Å². The van der Waals surface area contributed by atoms with E-state index in [1.807, 2.05) is 13.8 Å². The molecule has 0 radical (unpaired) electrons. The summed E-state index contributed by atoms with van der Waals surface area (Å²) in [5.74, 6) is -1.03. The molecule has 1 heterocycles. The fourth-order valence-electron chi connectivity index (χ4n) is 1.24. The van der Waals surface area contributed by atoms with E-state index in [0.29, 0.717) is 18.9 Å². The minimum atomic E-state index is -1.03. The lowest BCUT2D eigenvalue weighted by atomic mass is 10.3. The standard InChI is InChI=1S/C12H17NO4/c1-3-16-7-9(2)17-8-10-5-4-6-11(13-10)12(14)15/h4-6,9H,3,7-8H2,1-2H3,(H,14,15). The third-order valence-corrected chi connectivity index (χ3v) is 2.10. The van der Waals surface area contributed by atoms with E-state index >= 15 is 0 Å². The van der Waals surface area contributed by atoms with Gasteiger partial charge in [0.05, 0.1) is 25.0 Å². The molecular formula is C12H17NO4. The predicted octanol–water partition coefficient (Wildman–Crippen LogP) is 1.72. The molecule has 1 unspecified atom stereocenters. The molecule has 1 N–H and O–H groups in total. The van der Waals surface area contributed by atoms with E-state index in [-0.39, 0.29) is 18.4 Å². The molecule has 1 atom stereocenters. The van der Waals surface area contributed by atoms with Gasteiger partial charge in [-0.1, -0.05) is 6.07 Å². The minimum absolute atomic E-state index is 0.0311. The molecule has 0 saturated heterocycles. The second-order valence-electron chi connectivity index (χ2n) is 3.60. The molecule has 1 aromatic rings. The monoisotopic (exact) mass is 239 g/mol. The highest BCUT2D eigenvalue weighted by atomic mass is 16.5. The lowest BCUT2D eigenvalue weighted by Gasteiger charge is -2.12. The fourth-order valence-corrected chi connectivity index (χ4v) is 1.24. The van der Waals surface area contributed by atoms with Gasteiger partial charge in [0.25, 0.3) is 0 Å². The molecule has 5 heteroatoms. The second kappa shape index (κ2) is 6.98. The molecule has 0 aliphatic rings. The minimum Gasteiger partial charge on any atom is -0.477 e. The number of rotatable bonds is 7. The van der Waals surface area contributed by atoms with Crippen molar-refractivity contribution in [1.82, 2.24) is 4.98 Å². The lowest BCUT2D eigenvalue weighted by Crippen LogP contribution is -2.16. The molecule has 1 rings (SSSR count). The summed E-state index contributed by atoms with van der Waals surface area (Å²) in [6.45, 7) is 5.28. The molecule has 17 heavy (non-hydrogen) atoms. The first kappa shape index (κ1) is 13.6. The maximum absolute atomic E-state index is 10.7. The molecule has 0 amide bonds. The molecule has 0 fully saturated rings. The van der Waals surface area contributed by atoms with Crippen LogP contribution in [0.4, 0.5) is 0 Å². The SMILES string of the molecule is CCOCC(C)OCc1cccc(C(=O)O)n1. The van der Waals surface area contributed by atoms with Gasteiger partial charge in [0.1, 0.15) is 5.69 Å². The Labute approximate surface area is 100 Å². The zero-order valence-corrected chi connectivity index (χ0v) is 10.0. The molecule has 0 saturated carbocycles. The first-order valence-electron chi connectivity index (χ1n) is 5.52. The summed E-state index contributed by atoms with van der Waals surface area (Å²) in [6.07, 6.45) is -0.0368. The van der Waals surface area contributed by atoms with Crippen molar-refractivity contribution in [2.24, 2.45) is 0 Å². The molecule has 0 aromatic carbocycles. The van der Waals surface area contributed by atoms with Gasteiger partial charge in [0.15, 0.2) is 0 Å². The number of carboxylic acids is 1. The van der Waals surface area contributed by atoms with Crippen molar-refractivity contribution in [2.75, 3.05) is 13.2 Å². The topological polar surface area (TPSA) is 68.7 Å². The van der Waals surface area contributed by atoms with E-state index in [1.54, 1.807) is 12.1 Å². The lowest BCUT2D eigenvalue weighted by molar-refractivity contribution is -0.0128. The fraction of sp³-hybridized carbons (Fsp3) is 0.500. The Morgan fingerprint density at radius 2 is 2.29 bits per heavy atom. The normalized spacial score (nSPS) is 12.4. The maximum Gasteiger partial charge on any atom is 0.354 e. The van der Waals surface area contributed by atoms with Crippen LogP contribution in [0.3, 0.4) is 0 Å². The Morgan fingerprint density at radius 1 is 1.53 bits per heavy atom. The van der Waals surface area contributed by atoms with Crippen LogP contribution in [-0.2, 0) is 16.1 Å². The van der Waals surface area contributed by atoms with Crippen molar-refractivity contribution in [3.63, 3.8) is 0 Å². The van der Waals surface area contributed by atoms with Crippen molar-refractivity contribution in [3.8, 4) is 0 Å². The van der Waals surface area contributed by atoms with Crippen LogP contribution >= 0.6 is 0 Å². The summed E-state index contributed by atoms with van der Waals surface area (Å²) in [6, 6.07) is 4.84. The van der Waals surface area contributed by atoms with Crippen molar-refractivity contribution in [2.45, 2.75) is 26.6 Å². The number of nitrogens with zero attached hydrogens (tertiary/aromatic N) is 1. The zero-order chi connectivity index (χ0) is 12.7. The smallest absolute Gasteiger partial charge is 0.354 e. The van der Waals surface area contributed by atoms with Crippen LogP contribution in [0.2, 0.25) is 0 Å². The first-order chi connectivity index (χ1) is 8.13. The van der Waals surface area contributed by atoms with Gasteiger partial charge in [0, 0.05) is 6.61 Å². The molecule has 0 bridgehead atoms. The number of carbonyl (C=O) groups is 1. The molecule has 5 nitrogen and oxygen atoms in total. The van der Waals surface area contributed by atoms with Crippen molar-refractivity contribution >= 4 is 5.97 Å². The molecular weight excluding hydrogens is 222 g/mol. The largest absolute Gasteiger partial charge is 0.477 e. The average Bonchev–Trinajstić information content (AvgIpc) is 2.34. The van der Waals surface area contributed by atoms with E-state index < -0.39 is 5.97 Å². The molecule has 1 aromatic heterocycles. The van der Waals surface area contributed by atoms with E-state index in [2.05, 4.69) is 4.98 Å². The van der Waals surface area contributed by atoms with E-state index in [0.717, 1.165) is 0 Å². The average molecular weight is 239 g/mol. The van der Waals surface area contributed by atoms with Crippen molar-refractivity contribution in [1.29, 1.82) is 0 Å². The van der Waals surface area contributed by atoms with Gasteiger partial charge in [-0.25, -0.2) is 9.78 Å². The van der Waals surface area contributed by atoms with Crippen LogP contribution in [0, 0.1) is 0 Å². The molecule has 94 valence electrons. The summed E-state index contributed by atoms with van der Waals surface area (Å²) < 4.78 is 10.7. The Bertz CT molecular complexity index is 367. The molecule has 0 spiro atoms. The summed E-state index contributed by atoms with van der Waals surface area (Å²) in [7, 11) is 0. The van der Waals surface area contributed by atoms with E-state index in [1.165, 1.54) is 6.07 Å². The highest BCUT2D eigenvalue weighted by molar-refractivity contribution is 5.85. The van der Waals surface area contributed by atoms with Gasteiger partial charge in [-0.2, -0.15) is 0 Å². The summed E-state index contributed by atoms with van der Waals surface area (Å²) in [5, 5.41) is 8.78. The van der Waals surface area contributed by atoms with Gasteiger partial charge in [-0.05, 0) is 26.0 Å². The summed E-state index contributed by atoms with van der Waals surface area (Å²) in [5.41, 5.74) is 0.636. The Kier molecular flexibility index (Phi) is 5.59. The molecule has 0 aliphatic heterocycles. The summed E-state index contributed by atoms with van der Waals surface area (Å²) >= 11 is 0. The van der Waals surface area contributed by atoms with Crippen LogP contribution in [0.25, 0.3) is 0 Å². The predicted molar refractivity (Wildman–Crippen MR) is 61.9 cm³/mol. The van der Waals surface area contributed by atoms with Crippen LogP contribution in [0.15, 0.2) is 18.2 Å². The van der Waals surface area contributed by atoms with Crippen LogP contribution in [-0.4, -0.2) is 35.4 Å².